The molecule has 3 heterocycles. The van der Waals surface area contributed by atoms with Crippen LogP contribution >= 0.6 is 0 Å². The van der Waals surface area contributed by atoms with E-state index in [0.29, 0.717) is 18.0 Å². The molecule has 0 spiro atoms. The molecule has 1 unspecified atom stereocenters. The first-order chi connectivity index (χ1) is 24.0. The standard InChI is InChI=1S/C41H48F4N4O/c1-4-19-41(44,45)34-13-8-30(9-14-34)26-49-22-18-38-36(27-49)35-23-32(10-15-37(35)47-38)39(50)24-46-28(3)31-16-20-48(21-17-31)25-29-6-11-33(12-7-29)40(42,43)5-2/h4,6-15,19,23,28,31,46-47H,5,16-18,20-22,24-27H2,1-3H3. The highest BCUT2D eigenvalue weighted by Crippen LogP contribution is 2.33. The van der Waals surface area contributed by atoms with Crippen molar-refractivity contribution in [3.05, 3.63) is 118 Å². The molecule has 2 aliphatic rings. The topological polar surface area (TPSA) is 51.4 Å². The van der Waals surface area contributed by atoms with E-state index in [1.807, 2.05) is 30.3 Å². The SMILES string of the molecule is CC=CC(F)(F)c1ccc(CN2CCc3[nH]c4ccc(C(=O)CNC(C)C5CCN(Cc6ccc(C(F)(F)CC)cc6)CC5)cc4c3C2)cc1. The van der Waals surface area contributed by atoms with E-state index in [2.05, 4.69) is 27.0 Å². The first-order valence-electron chi connectivity index (χ1n) is 17.9. The average molecular weight is 689 g/mol. The molecule has 0 bridgehead atoms. The van der Waals surface area contributed by atoms with Crippen LogP contribution in [-0.4, -0.2) is 52.8 Å². The van der Waals surface area contributed by atoms with E-state index in [1.54, 1.807) is 31.2 Å². The van der Waals surface area contributed by atoms with Gasteiger partial charge in [0.1, 0.15) is 0 Å². The van der Waals surface area contributed by atoms with Gasteiger partial charge in [-0.1, -0.05) is 61.5 Å². The van der Waals surface area contributed by atoms with E-state index in [0.717, 1.165) is 80.1 Å². The van der Waals surface area contributed by atoms with Crippen LogP contribution in [0.15, 0.2) is 78.9 Å². The summed E-state index contributed by atoms with van der Waals surface area (Å²) in [6, 6.07) is 19.4. The van der Waals surface area contributed by atoms with Gasteiger partial charge < -0.3 is 10.3 Å². The van der Waals surface area contributed by atoms with Crippen LogP contribution in [0.3, 0.4) is 0 Å². The Kier molecular flexibility index (Phi) is 11.0. The number of halogens is 4. The third kappa shape index (κ3) is 8.22. The molecule has 1 saturated heterocycles. The predicted octanol–water partition coefficient (Wildman–Crippen LogP) is 8.97. The van der Waals surface area contributed by atoms with E-state index in [1.165, 1.54) is 36.4 Å². The quantitative estimate of drug-likeness (QED) is 0.0837. The minimum atomic E-state index is -2.98. The van der Waals surface area contributed by atoms with Crippen molar-refractivity contribution in [1.29, 1.82) is 0 Å². The van der Waals surface area contributed by atoms with Crippen LogP contribution in [0.4, 0.5) is 17.6 Å². The molecule has 5 nitrogen and oxygen atoms in total. The molecule has 9 heteroatoms. The molecule has 2 N–H and O–H groups in total. The van der Waals surface area contributed by atoms with Crippen molar-refractivity contribution in [2.24, 2.45) is 5.92 Å². The van der Waals surface area contributed by atoms with E-state index < -0.39 is 11.8 Å². The Morgan fingerprint density at radius 3 is 2.20 bits per heavy atom. The number of aromatic nitrogens is 1. The lowest BCUT2D eigenvalue weighted by molar-refractivity contribution is -0.00832. The zero-order valence-corrected chi connectivity index (χ0v) is 29.3. The Labute approximate surface area is 292 Å². The number of nitrogens with one attached hydrogen (secondary N) is 2. The summed E-state index contributed by atoms with van der Waals surface area (Å²) in [5.74, 6) is -5.25. The zero-order valence-electron chi connectivity index (χ0n) is 29.3. The number of rotatable bonds is 13. The number of fused-ring (bicyclic) bond motifs is 3. The molecule has 0 amide bonds. The number of ketones is 1. The van der Waals surface area contributed by atoms with Crippen molar-refractivity contribution < 1.29 is 22.4 Å². The third-order valence-corrected chi connectivity index (χ3v) is 10.6. The van der Waals surface area contributed by atoms with E-state index >= 15 is 0 Å². The zero-order chi connectivity index (χ0) is 35.5. The Morgan fingerprint density at radius 1 is 0.920 bits per heavy atom. The number of piperidine rings is 1. The Bertz CT molecular complexity index is 1790. The van der Waals surface area contributed by atoms with Gasteiger partial charge >= 0.3 is 0 Å². The second-order valence-electron chi connectivity index (χ2n) is 14.1. The molecule has 1 aromatic heterocycles. The van der Waals surface area contributed by atoms with Crippen LogP contribution in [0.5, 0.6) is 0 Å². The molecule has 1 fully saturated rings. The fourth-order valence-electron chi connectivity index (χ4n) is 7.42. The summed E-state index contributed by atoms with van der Waals surface area (Å²) in [5.41, 5.74) is 6.19. The van der Waals surface area contributed by atoms with Crippen molar-refractivity contribution in [3.63, 3.8) is 0 Å². The summed E-state index contributed by atoms with van der Waals surface area (Å²) in [6.45, 7) is 10.4. The highest BCUT2D eigenvalue weighted by Gasteiger charge is 2.30. The number of carbonyl (C=O) groups excluding carboxylic acids is 1. The number of carbonyl (C=O) groups is 1. The van der Waals surface area contributed by atoms with Gasteiger partial charge in [0.25, 0.3) is 11.8 Å². The minimum Gasteiger partial charge on any atom is -0.358 e. The summed E-state index contributed by atoms with van der Waals surface area (Å²) < 4.78 is 56.5. The van der Waals surface area contributed by atoms with Crippen LogP contribution < -0.4 is 5.32 Å². The lowest BCUT2D eigenvalue weighted by Gasteiger charge is -2.35. The number of H-pyrrole nitrogens is 1. The fraction of sp³-hybridized carbons (Fsp3) is 0.439. The average Bonchev–Trinajstić information content (AvgIpc) is 3.48. The summed E-state index contributed by atoms with van der Waals surface area (Å²) in [6.07, 6.45) is 4.96. The van der Waals surface area contributed by atoms with Crippen LogP contribution in [0.1, 0.15) is 83.9 Å². The maximum atomic E-state index is 14.3. The van der Waals surface area contributed by atoms with Crippen molar-refractivity contribution in [2.75, 3.05) is 26.2 Å². The Morgan fingerprint density at radius 2 is 1.56 bits per heavy atom. The maximum Gasteiger partial charge on any atom is 0.291 e. The van der Waals surface area contributed by atoms with Gasteiger partial charge in [-0.2, -0.15) is 8.78 Å². The van der Waals surface area contributed by atoms with Crippen LogP contribution in [0.25, 0.3) is 10.9 Å². The molecule has 266 valence electrons. The summed E-state index contributed by atoms with van der Waals surface area (Å²) in [4.78, 5) is 21.6. The molecule has 2 aliphatic heterocycles. The normalized spacial score (nSPS) is 17.4. The van der Waals surface area contributed by atoms with Crippen molar-refractivity contribution >= 4 is 16.7 Å². The minimum absolute atomic E-state index is 0.0110. The van der Waals surface area contributed by atoms with Gasteiger partial charge in [-0.3, -0.25) is 14.6 Å². The van der Waals surface area contributed by atoms with E-state index in [-0.39, 0.29) is 35.9 Å². The molecule has 0 aliphatic carbocycles. The number of nitrogens with zero attached hydrogens (tertiary/aromatic N) is 2. The van der Waals surface area contributed by atoms with Gasteiger partial charge in [-0.25, -0.2) is 8.78 Å². The number of allylic oxidation sites excluding steroid dienone is 2. The van der Waals surface area contributed by atoms with Crippen LogP contribution in [0, 0.1) is 5.92 Å². The monoisotopic (exact) mass is 688 g/mol. The largest absolute Gasteiger partial charge is 0.358 e. The molecule has 1 atom stereocenters. The molecular formula is C41H48F4N4O. The third-order valence-electron chi connectivity index (χ3n) is 10.6. The maximum absolute atomic E-state index is 14.3. The molecule has 4 aromatic rings. The summed E-state index contributed by atoms with van der Waals surface area (Å²) in [5, 5.41) is 4.56. The predicted molar refractivity (Wildman–Crippen MR) is 192 cm³/mol. The number of Topliss-reactive ketones (excluding diaryl/α,β-unsaturated/α-hetero) is 1. The lowest BCUT2D eigenvalue weighted by Crippen LogP contribution is -2.43. The number of benzene rings is 3. The first kappa shape index (κ1) is 36.0. The Balaban J connectivity index is 1.00. The molecule has 50 heavy (non-hydrogen) atoms. The lowest BCUT2D eigenvalue weighted by atomic mass is 9.90. The van der Waals surface area contributed by atoms with Gasteiger partial charge in [-0.15, -0.1) is 0 Å². The molecule has 0 saturated carbocycles. The summed E-state index contributed by atoms with van der Waals surface area (Å²) >= 11 is 0. The number of hydrogen-bond donors (Lipinski definition) is 2. The second-order valence-corrected chi connectivity index (χ2v) is 14.1. The number of hydrogen-bond acceptors (Lipinski definition) is 4. The molecule has 0 radical (unpaired) electrons. The number of aromatic amines is 1. The summed E-state index contributed by atoms with van der Waals surface area (Å²) in [7, 11) is 0. The van der Waals surface area contributed by atoms with Gasteiger partial charge in [0.05, 0.1) is 6.54 Å². The van der Waals surface area contributed by atoms with E-state index in [4.69, 9.17) is 0 Å². The number of alkyl halides is 4. The molecule has 6 rings (SSSR count). The van der Waals surface area contributed by atoms with Gasteiger partial charge in [0.2, 0.25) is 0 Å². The van der Waals surface area contributed by atoms with E-state index in [9.17, 15) is 22.4 Å². The molecular weight excluding hydrogens is 640 g/mol. The fourth-order valence-corrected chi connectivity index (χ4v) is 7.42. The highest BCUT2D eigenvalue weighted by atomic mass is 19.3. The number of likely N-dealkylation sites (tertiary alicyclic amines) is 1. The van der Waals surface area contributed by atoms with Crippen LogP contribution in [0.2, 0.25) is 0 Å². The van der Waals surface area contributed by atoms with Crippen molar-refractivity contribution in [3.8, 4) is 0 Å². The van der Waals surface area contributed by atoms with Crippen molar-refractivity contribution in [1.82, 2.24) is 20.1 Å². The van der Waals surface area contributed by atoms with Gasteiger partial charge in [0, 0.05) is 78.3 Å². The van der Waals surface area contributed by atoms with Crippen LogP contribution in [-0.2, 0) is 37.9 Å². The Hall–Kier alpha value is -3.79. The smallest absolute Gasteiger partial charge is 0.291 e. The van der Waals surface area contributed by atoms with Crippen molar-refractivity contribution in [2.45, 2.75) is 84.0 Å². The molecule has 3 aromatic carbocycles. The second kappa shape index (κ2) is 15.2. The van der Waals surface area contributed by atoms with Gasteiger partial charge in [-0.05, 0) is 86.7 Å². The first-order valence-corrected chi connectivity index (χ1v) is 17.9. The highest BCUT2D eigenvalue weighted by molar-refractivity contribution is 6.01. The van der Waals surface area contributed by atoms with Gasteiger partial charge in [0.15, 0.2) is 5.78 Å².